The topological polar surface area (TPSA) is 82.5 Å². The van der Waals surface area contributed by atoms with Gasteiger partial charge in [0.1, 0.15) is 23.7 Å². The van der Waals surface area contributed by atoms with E-state index in [9.17, 15) is 9.59 Å². The van der Waals surface area contributed by atoms with Gasteiger partial charge in [0.05, 0.1) is 5.69 Å². The fraction of sp³-hybridized carbons (Fsp3) is 0.190. The highest BCUT2D eigenvalue weighted by molar-refractivity contribution is 9.10. The van der Waals surface area contributed by atoms with Crippen molar-refractivity contribution in [2.75, 3.05) is 11.9 Å². The molecule has 0 atom stereocenters. The quantitative estimate of drug-likeness (QED) is 0.544. The van der Waals surface area contributed by atoms with Crippen molar-refractivity contribution in [3.8, 4) is 5.75 Å². The Morgan fingerprint density at radius 2 is 1.93 bits per heavy atom. The van der Waals surface area contributed by atoms with Crippen molar-refractivity contribution in [1.29, 1.82) is 0 Å². The van der Waals surface area contributed by atoms with Crippen LogP contribution in [0.2, 0.25) is 0 Å². The fourth-order valence-electron chi connectivity index (χ4n) is 2.66. The molecule has 150 valence electrons. The van der Waals surface area contributed by atoms with Gasteiger partial charge >= 0.3 is 5.97 Å². The zero-order chi connectivity index (χ0) is 20.8. The predicted molar refractivity (Wildman–Crippen MR) is 112 cm³/mol. The van der Waals surface area contributed by atoms with Crippen molar-refractivity contribution in [2.24, 2.45) is 7.05 Å². The summed E-state index contributed by atoms with van der Waals surface area (Å²) < 4.78 is 13.4. The van der Waals surface area contributed by atoms with E-state index in [1.54, 1.807) is 42.1 Å². The number of hydrogen-bond donors (Lipinski definition) is 1. The highest BCUT2D eigenvalue weighted by Crippen LogP contribution is 2.21. The number of nitrogens with zero attached hydrogens (tertiary/aromatic N) is 2. The highest BCUT2D eigenvalue weighted by atomic mass is 79.9. The number of benzene rings is 2. The third kappa shape index (κ3) is 5.68. The third-order valence-electron chi connectivity index (χ3n) is 3.99. The smallest absolute Gasteiger partial charge is 0.342 e. The molecule has 0 aliphatic heterocycles. The van der Waals surface area contributed by atoms with Gasteiger partial charge in [0.25, 0.3) is 5.91 Å². The number of halogens is 1. The van der Waals surface area contributed by atoms with E-state index in [2.05, 4.69) is 26.3 Å². The molecule has 1 N–H and O–H groups in total. The summed E-state index contributed by atoms with van der Waals surface area (Å²) >= 11 is 3.42. The summed E-state index contributed by atoms with van der Waals surface area (Å²) in [4.78, 5) is 24.5. The van der Waals surface area contributed by atoms with Gasteiger partial charge < -0.3 is 14.8 Å². The molecule has 29 heavy (non-hydrogen) atoms. The number of carbonyl (C=O) groups excluding carboxylic acids is 2. The van der Waals surface area contributed by atoms with Crippen LogP contribution < -0.4 is 10.1 Å². The van der Waals surface area contributed by atoms with Crippen LogP contribution >= 0.6 is 15.9 Å². The first-order valence-corrected chi connectivity index (χ1v) is 9.65. The van der Waals surface area contributed by atoms with Crippen LogP contribution in [0.25, 0.3) is 0 Å². The Morgan fingerprint density at radius 3 is 2.66 bits per heavy atom. The molecule has 0 radical (unpaired) electrons. The van der Waals surface area contributed by atoms with Crippen molar-refractivity contribution in [3.63, 3.8) is 0 Å². The SMILES string of the molecule is Cc1cc(NC(=O)COC(=O)c2ccccc2OCc2cccc(Br)c2)n(C)n1. The van der Waals surface area contributed by atoms with Crippen LogP contribution in [0.15, 0.2) is 59.1 Å². The van der Waals surface area contributed by atoms with Crippen LogP contribution in [-0.2, 0) is 23.2 Å². The average Bonchev–Trinajstić information content (AvgIpc) is 3.01. The lowest BCUT2D eigenvalue weighted by atomic mass is 10.2. The Morgan fingerprint density at radius 1 is 1.14 bits per heavy atom. The standard InChI is InChI=1S/C21H20BrN3O4/c1-14-10-19(25(2)24-14)23-20(26)13-29-21(27)17-8-3-4-9-18(17)28-12-15-6-5-7-16(22)11-15/h3-11H,12-13H2,1-2H3,(H,23,26). The van der Waals surface area contributed by atoms with E-state index in [0.29, 0.717) is 18.2 Å². The monoisotopic (exact) mass is 457 g/mol. The van der Waals surface area contributed by atoms with Crippen molar-refractivity contribution in [2.45, 2.75) is 13.5 Å². The zero-order valence-electron chi connectivity index (χ0n) is 16.0. The second-order valence-corrected chi connectivity index (χ2v) is 7.25. The number of esters is 1. The summed E-state index contributed by atoms with van der Waals surface area (Å²) in [5.74, 6) is -0.165. The number of aromatic nitrogens is 2. The molecule has 7 nitrogen and oxygen atoms in total. The van der Waals surface area contributed by atoms with E-state index in [1.165, 1.54) is 0 Å². The van der Waals surface area contributed by atoms with Crippen LogP contribution in [0.4, 0.5) is 5.82 Å². The van der Waals surface area contributed by atoms with Gasteiger partial charge in [-0.2, -0.15) is 5.10 Å². The molecular formula is C21H20BrN3O4. The normalized spacial score (nSPS) is 10.4. The summed E-state index contributed by atoms with van der Waals surface area (Å²) in [7, 11) is 1.72. The Hall–Kier alpha value is -3.13. The second-order valence-electron chi connectivity index (χ2n) is 6.33. The highest BCUT2D eigenvalue weighted by Gasteiger charge is 2.16. The van der Waals surface area contributed by atoms with Crippen LogP contribution in [0.1, 0.15) is 21.6 Å². The Bertz CT molecular complexity index is 1030. The maximum atomic E-state index is 12.5. The van der Waals surface area contributed by atoms with Gasteiger partial charge in [0.2, 0.25) is 0 Å². The molecule has 1 heterocycles. The van der Waals surface area contributed by atoms with Crippen LogP contribution in [0, 0.1) is 6.92 Å². The number of para-hydroxylation sites is 1. The second kappa shape index (κ2) is 9.38. The van der Waals surface area contributed by atoms with Gasteiger partial charge in [0.15, 0.2) is 6.61 Å². The lowest BCUT2D eigenvalue weighted by Gasteiger charge is -2.11. The number of nitrogens with one attached hydrogen (secondary N) is 1. The molecule has 0 saturated carbocycles. The third-order valence-corrected chi connectivity index (χ3v) is 4.49. The van der Waals surface area contributed by atoms with Crippen LogP contribution in [-0.4, -0.2) is 28.3 Å². The molecule has 8 heteroatoms. The summed E-state index contributed by atoms with van der Waals surface area (Å²) in [6, 6.07) is 16.2. The summed E-state index contributed by atoms with van der Waals surface area (Å²) in [6.45, 7) is 1.70. The maximum Gasteiger partial charge on any atom is 0.342 e. The lowest BCUT2D eigenvalue weighted by molar-refractivity contribution is -0.119. The summed E-state index contributed by atoms with van der Waals surface area (Å²) in [5.41, 5.74) is 1.98. The minimum absolute atomic E-state index is 0.256. The van der Waals surface area contributed by atoms with Crippen LogP contribution in [0.3, 0.4) is 0 Å². The molecule has 3 aromatic rings. The van der Waals surface area contributed by atoms with Gasteiger partial charge in [-0.25, -0.2) is 4.79 Å². The average molecular weight is 458 g/mol. The number of amides is 1. The number of carbonyl (C=O) groups is 2. The number of aryl methyl sites for hydroxylation is 2. The first-order chi connectivity index (χ1) is 13.9. The van der Waals surface area contributed by atoms with E-state index in [0.717, 1.165) is 15.7 Å². The van der Waals surface area contributed by atoms with E-state index in [4.69, 9.17) is 9.47 Å². The number of ether oxygens (including phenoxy) is 2. The molecular weight excluding hydrogens is 438 g/mol. The maximum absolute atomic E-state index is 12.5. The zero-order valence-corrected chi connectivity index (χ0v) is 17.6. The predicted octanol–water partition coefficient (Wildman–Crippen LogP) is 3.87. The number of rotatable bonds is 7. The van der Waals surface area contributed by atoms with Crippen molar-refractivity contribution < 1.29 is 19.1 Å². The van der Waals surface area contributed by atoms with E-state index in [1.807, 2.05) is 31.2 Å². The summed E-state index contributed by atoms with van der Waals surface area (Å²) in [5, 5.41) is 6.80. The summed E-state index contributed by atoms with van der Waals surface area (Å²) in [6.07, 6.45) is 0. The molecule has 3 rings (SSSR count). The van der Waals surface area contributed by atoms with E-state index < -0.39 is 18.5 Å². The molecule has 2 aromatic carbocycles. The molecule has 0 saturated heterocycles. The number of anilines is 1. The van der Waals surface area contributed by atoms with Crippen molar-refractivity contribution in [3.05, 3.63) is 75.9 Å². The van der Waals surface area contributed by atoms with E-state index in [-0.39, 0.29) is 5.56 Å². The molecule has 0 spiro atoms. The molecule has 0 bridgehead atoms. The Balaban J connectivity index is 1.59. The van der Waals surface area contributed by atoms with E-state index >= 15 is 0 Å². The first-order valence-electron chi connectivity index (χ1n) is 8.86. The van der Waals surface area contributed by atoms with Crippen molar-refractivity contribution >= 4 is 33.6 Å². The van der Waals surface area contributed by atoms with Gasteiger partial charge in [0, 0.05) is 17.6 Å². The van der Waals surface area contributed by atoms with Gasteiger partial charge in [-0.05, 0) is 36.8 Å². The number of hydrogen-bond acceptors (Lipinski definition) is 5. The molecule has 0 aliphatic carbocycles. The Labute approximate surface area is 176 Å². The van der Waals surface area contributed by atoms with Crippen molar-refractivity contribution in [1.82, 2.24) is 9.78 Å². The van der Waals surface area contributed by atoms with Gasteiger partial charge in [-0.15, -0.1) is 0 Å². The Kier molecular flexibility index (Phi) is 6.66. The molecule has 0 aliphatic rings. The van der Waals surface area contributed by atoms with Gasteiger partial charge in [-0.3, -0.25) is 9.48 Å². The lowest BCUT2D eigenvalue weighted by Crippen LogP contribution is -2.22. The molecule has 0 unspecified atom stereocenters. The van der Waals surface area contributed by atoms with Gasteiger partial charge in [-0.1, -0.05) is 40.2 Å². The van der Waals surface area contributed by atoms with Crippen LogP contribution in [0.5, 0.6) is 5.75 Å². The largest absolute Gasteiger partial charge is 0.488 e. The fourth-order valence-corrected chi connectivity index (χ4v) is 3.11. The minimum atomic E-state index is -0.633. The minimum Gasteiger partial charge on any atom is -0.488 e. The molecule has 1 aromatic heterocycles. The molecule has 0 fully saturated rings. The molecule has 1 amide bonds. The first kappa shape index (κ1) is 20.6.